The van der Waals surface area contributed by atoms with Crippen molar-refractivity contribution in [1.82, 2.24) is 0 Å². The fourth-order valence-electron chi connectivity index (χ4n) is 1.10. The summed E-state index contributed by atoms with van der Waals surface area (Å²) in [5, 5.41) is 20.9. The molecule has 0 aliphatic carbocycles. The van der Waals surface area contributed by atoms with E-state index in [2.05, 4.69) is 0 Å². The van der Waals surface area contributed by atoms with Crippen molar-refractivity contribution < 1.29 is 14.6 Å². The summed E-state index contributed by atoms with van der Waals surface area (Å²) >= 11 is 0. The maximum Gasteiger partial charge on any atom is 0.476 e. The number of rotatable bonds is 4. The van der Waals surface area contributed by atoms with Gasteiger partial charge < -0.3 is 4.74 Å². The van der Waals surface area contributed by atoms with Gasteiger partial charge >= 0.3 is 6.17 Å². The maximum absolute atomic E-state index is 10.4. The van der Waals surface area contributed by atoms with Gasteiger partial charge in [0.15, 0.2) is 0 Å². The molecule has 0 N–H and O–H groups in total. The molecule has 0 fully saturated rings. The van der Waals surface area contributed by atoms with Crippen molar-refractivity contribution in [3.05, 3.63) is 50.1 Å². The topological polar surface area (TPSA) is 95.5 Å². The van der Waals surface area contributed by atoms with Crippen LogP contribution in [0.3, 0.4) is 0 Å². The number of ether oxygens (including phenoxy) is 1. The maximum atomic E-state index is 10.4. The highest BCUT2D eigenvalue weighted by molar-refractivity contribution is 5.27. The molecule has 1 rings (SSSR count). The molecule has 1 aromatic rings. The molecule has 7 heteroatoms. The van der Waals surface area contributed by atoms with Crippen molar-refractivity contribution >= 4 is 0 Å². The second-order valence-electron chi connectivity index (χ2n) is 2.72. The van der Waals surface area contributed by atoms with Gasteiger partial charge in [-0.2, -0.15) is 0 Å². The lowest BCUT2D eigenvalue weighted by atomic mass is 10.2. The number of nitro groups is 2. The molecule has 1 aromatic carbocycles. The molecule has 0 saturated carbocycles. The first-order valence-corrected chi connectivity index (χ1v) is 3.97. The normalized spacial score (nSPS) is 10.0. The standard InChI is InChI=1S/C8H8N2O5/c1-15-7-4-2-6(3-5-7)8(9(11)12)10(13)14/h2-5,8H,1H3. The summed E-state index contributed by atoms with van der Waals surface area (Å²) in [6, 6.07) is 5.48. The largest absolute Gasteiger partial charge is 0.497 e. The van der Waals surface area contributed by atoms with Crippen LogP contribution >= 0.6 is 0 Å². The van der Waals surface area contributed by atoms with Gasteiger partial charge in [0.05, 0.1) is 7.11 Å². The number of hydrogen-bond acceptors (Lipinski definition) is 5. The average Bonchev–Trinajstić information content (AvgIpc) is 2.18. The van der Waals surface area contributed by atoms with Crippen LogP contribution in [0, 0.1) is 20.2 Å². The third kappa shape index (κ3) is 2.39. The van der Waals surface area contributed by atoms with E-state index in [1.165, 1.54) is 31.4 Å². The van der Waals surface area contributed by atoms with Crippen molar-refractivity contribution in [2.45, 2.75) is 6.17 Å². The quantitative estimate of drug-likeness (QED) is 0.425. The van der Waals surface area contributed by atoms with Gasteiger partial charge in [-0.05, 0) is 24.3 Å². The Hall–Kier alpha value is -2.18. The third-order valence-electron chi connectivity index (χ3n) is 1.81. The Kier molecular flexibility index (Phi) is 3.17. The minimum absolute atomic E-state index is 0.0193. The van der Waals surface area contributed by atoms with Crippen molar-refractivity contribution in [3.63, 3.8) is 0 Å². The van der Waals surface area contributed by atoms with Crippen LogP contribution in [0.4, 0.5) is 0 Å². The number of methoxy groups -OCH3 is 1. The molecule has 0 aliphatic rings. The molecule has 0 bridgehead atoms. The molecule has 0 amide bonds. The van der Waals surface area contributed by atoms with Crippen molar-refractivity contribution in [2.75, 3.05) is 7.11 Å². The minimum atomic E-state index is -1.92. The van der Waals surface area contributed by atoms with Crippen molar-refractivity contribution in [1.29, 1.82) is 0 Å². The SMILES string of the molecule is COc1ccc(C([N+](=O)[O-])[N+](=O)[O-])cc1. The van der Waals surface area contributed by atoms with E-state index in [0.717, 1.165) is 0 Å². The summed E-state index contributed by atoms with van der Waals surface area (Å²) in [5.41, 5.74) is 0.0193. The van der Waals surface area contributed by atoms with Crippen molar-refractivity contribution in [2.24, 2.45) is 0 Å². The number of hydrogen-bond donors (Lipinski definition) is 0. The van der Waals surface area contributed by atoms with E-state index in [9.17, 15) is 20.2 Å². The summed E-state index contributed by atoms with van der Waals surface area (Å²) in [4.78, 5) is 19.0. The number of benzene rings is 1. The first-order chi connectivity index (χ1) is 7.06. The molecule has 0 saturated heterocycles. The Morgan fingerprint density at radius 2 is 1.60 bits per heavy atom. The lowest BCUT2D eigenvalue weighted by molar-refractivity contribution is -0.752. The zero-order valence-electron chi connectivity index (χ0n) is 7.82. The highest BCUT2D eigenvalue weighted by atomic mass is 16.7. The smallest absolute Gasteiger partial charge is 0.476 e. The Morgan fingerprint density at radius 1 is 1.13 bits per heavy atom. The number of nitrogens with zero attached hydrogens (tertiary/aromatic N) is 2. The highest BCUT2D eigenvalue weighted by Gasteiger charge is 2.34. The van der Waals surface area contributed by atoms with Crippen LogP contribution in [-0.2, 0) is 0 Å². The Bertz CT molecular complexity index is 361. The van der Waals surface area contributed by atoms with Gasteiger partial charge in [0.25, 0.3) is 0 Å². The van der Waals surface area contributed by atoms with Crippen LogP contribution < -0.4 is 4.74 Å². The van der Waals surface area contributed by atoms with Gasteiger partial charge in [0.2, 0.25) is 0 Å². The minimum Gasteiger partial charge on any atom is -0.497 e. The Balaban J connectivity index is 3.02. The fraction of sp³-hybridized carbons (Fsp3) is 0.250. The van der Waals surface area contributed by atoms with E-state index in [1.807, 2.05) is 0 Å². The molecule has 0 radical (unpaired) electrons. The molecule has 0 aliphatic heterocycles. The first-order valence-electron chi connectivity index (χ1n) is 3.97. The highest BCUT2D eigenvalue weighted by Crippen LogP contribution is 2.20. The van der Waals surface area contributed by atoms with Crippen LogP contribution in [0.15, 0.2) is 24.3 Å². The van der Waals surface area contributed by atoms with Crippen LogP contribution in [-0.4, -0.2) is 17.0 Å². The zero-order valence-corrected chi connectivity index (χ0v) is 7.82. The van der Waals surface area contributed by atoms with Crippen LogP contribution in [0.5, 0.6) is 5.75 Å². The average molecular weight is 212 g/mol. The summed E-state index contributed by atoms with van der Waals surface area (Å²) in [7, 11) is 1.44. The Morgan fingerprint density at radius 3 is 1.93 bits per heavy atom. The second-order valence-corrected chi connectivity index (χ2v) is 2.72. The molecule has 0 atom stereocenters. The van der Waals surface area contributed by atoms with Gasteiger partial charge in [0.1, 0.15) is 21.2 Å². The molecular formula is C8H8N2O5. The first kappa shape index (κ1) is 10.9. The second kappa shape index (κ2) is 4.36. The molecular weight excluding hydrogens is 204 g/mol. The molecule has 7 nitrogen and oxygen atoms in total. The lowest BCUT2D eigenvalue weighted by Crippen LogP contribution is -2.19. The van der Waals surface area contributed by atoms with E-state index in [-0.39, 0.29) is 5.56 Å². The molecule has 80 valence electrons. The van der Waals surface area contributed by atoms with Crippen LogP contribution in [0.1, 0.15) is 11.7 Å². The van der Waals surface area contributed by atoms with Gasteiger partial charge in [-0.3, -0.25) is 20.2 Å². The van der Waals surface area contributed by atoms with Crippen molar-refractivity contribution in [3.8, 4) is 5.75 Å². The van der Waals surface area contributed by atoms with Gasteiger partial charge in [-0.1, -0.05) is 0 Å². The lowest BCUT2D eigenvalue weighted by Gasteiger charge is -2.03. The predicted molar refractivity (Wildman–Crippen MR) is 49.7 cm³/mol. The molecule has 0 spiro atoms. The van der Waals surface area contributed by atoms with Gasteiger partial charge in [0, 0.05) is 0 Å². The summed E-state index contributed by atoms with van der Waals surface area (Å²) in [5.74, 6) is 0.490. The zero-order chi connectivity index (χ0) is 11.4. The fourth-order valence-corrected chi connectivity index (χ4v) is 1.10. The van der Waals surface area contributed by atoms with E-state index < -0.39 is 16.0 Å². The predicted octanol–water partition coefficient (Wildman–Crippen LogP) is 1.25. The third-order valence-corrected chi connectivity index (χ3v) is 1.81. The molecule has 0 unspecified atom stereocenters. The van der Waals surface area contributed by atoms with Crippen LogP contribution in [0.25, 0.3) is 0 Å². The van der Waals surface area contributed by atoms with E-state index in [1.54, 1.807) is 0 Å². The van der Waals surface area contributed by atoms with Gasteiger partial charge in [-0.25, -0.2) is 0 Å². The monoisotopic (exact) mass is 212 g/mol. The van der Waals surface area contributed by atoms with Crippen LogP contribution in [0.2, 0.25) is 0 Å². The molecule has 0 heterocycles. The Labute approximate surface area is 84.6 Å². The van der Waals surface area contributed by atoms with E-state index in [0.29, 0.717) is 5.75 Å². The summed E-state index contributed by atoms with van der Waals surface area (Å²) in [6.07, 6.45) is -1.92. The van der Waals surface area contributed by atoms with Gasteiger partial charge in [-0.15, -0.1) is 0 Å². The van der Waals surface area contributed by atoms with E-state index >= 15 is 0 Å². The summed E-state index contributed by atoms with van der Waals surface area (Å²) < 4.78 is 4.83. The molecule has 15 heavy (non-hydrogen) atoms. The van der Waals surface area contributed by atoms with E-state index in [4.69, 9.17) is 4.74 Å². The molecule has 0 aromatic heterocycles. The summed E-state index contributed by atoms with van der Waals surface area (Å²) in [6.45, 7) is 0.